The zero-order chi connectivity index (χ0) is 17.6. The minimum absolute atomic E-state index is 0.0111. The van der Waals surface area contributed by atoms with Gasteiger partial charge in [0.05, 0.1) is 12.7 Å². The van der Waals surface area contributed by atoms with Crippen molar-refractivity contribution in [2.24, 2.45) is 11.3 Å². The zero-order valence-electron chi connectivity index (χ0n) is 15.4. The maximum atomic E-state index is 12.1. The fourth-order valence-electron chi connectivity index (χ4n) is 2.43. The molecule has 0 spiro atoms. The molecule has 1 saturated heterocycles. The van der Waals surface area contributed by atoms with Crippen LogP contribution >= 0.6 is 0 Å². The van der Waals surface area contributed by atoms with Gasteiger partial charge in [-0.05, 0) is 12.8 Å². The van der Waals surface area contributed by atoms with E-state index in [1.54, 1.807) is 6.92 Å². The number of ether oxygens (including phenoxy) is 1. The van der Waals surface area contributed by atoms with Crippen LogP contribution in [0.25, 0.3) is 0 Å². The predicted octanol–water partition coefficient (Wildman–Crippen LogP) is 1.01. The number of rotatable bonds is 6. The number of amides is 2. The maximum Gasteiger partial charge on any atom is 0.242 e. The lowest BCUT2D eigenvalue weighted by Gasteiger charge is -2.34. The molecular formula is C17H33N3O3. The van der Waals surface area contributed by atoms with E-state index in [4.69, 9.17) is 4.74 Å². The number of hydrogen-bond donors (Lipinski definition) is 2. The molecule has 2 atom stereocenters. The van der Waals surface area contributed by atoms with Crippen molar-refractivity contribution in [1.29, 1.82) is 0 Å². The molecule has 23 heavy (non-hydrogen) atoms. The van der Waals surface area contributed by atoms with E-state index in [0.29, 0.717) is 19.1 Å². The van der Waals surface area contributed by atoms with Gasteiger partial charge in [-0.25, -0.2) is 0 Å². The highest BCUT2D eigenvalue weighted by molar-refractivity contribution is 5.89. The molecule has 1 aliphatic rings. The number of carbonyl (C=O) groups excluding carboxylic acids is 2. The molecule has 1 fully saturated rings. The average molecular weight is 327 g/mol. The van der Waals surface area contributed by atoms with Crippen LogP contribution in [0.15, 0.2) is 0 Å². The van der Waals surface area contributed by atoms with E-state index >= 15 is 0 Å². The molecule has 0 aromatic heterocycles. The maximum absolute atomic E-state index is 12.1. The van der Waals surface area contributed by atoms with Gasteiger partial charge in [0.1, 0.15) is 6.04 Å². The fraction of sp³-hybridized carbons (Fsp3) is 0.882. The third-order valence-electron chi connectivity index (χ3n) is 3.77. The van der Waals surface area contributed by atoms with E-state index < -0.39 is 11.5 Å². The van der Waals surface area contributed by atoms with Crippen LogP contribution in [0.3, 0.4) is 0 Å². The second-order valence-electron chi connectivity index (χ2n) is 7.84. The fourth-order valence-corrected chi connectivity index (χ4v) is 2.43. The van der Waals surface area contributed by atoms with Crippen molar-refractivity contribution in [3.8, 4) is 0 Å². The summed E-state index contributed by atoms with van der Waals surface area (Å²) in [5, 5.41) is 5.62. The monoisotopic (exact) mass is 327 g/mol. The third kappa shape index (κ3) is 7.31. The first-order chi connectivity index (χ1) is 10.6. The molecule has 1 aliphatic heterocycles. The molecule has 1 rings (SSSR count). The van der Waals surface area contributed by atoms with Crippen LogP contribution in [0, 0.1) is 11.3 Å². The van der Waals surface area contributed by atoms with Crippen LogP contribution in [0.2, 0.25) is 0 Å². The van der Waals surface area contributed by atoms with Gasteiger partial charge >= 0.3 is 0 Å². The Morgan fingerprint density at radius 2 is 1.91 bits per heavy atom. The molecule has 2 amide bonds. The topological polar surface area (TPSA) is 70.7 Å². The second kappa shape index (κ2) is 8.64. The molecule has 2 N–H and O–H groups in total. The number of morpholine rings is 1. The van der Waals surface area contributed by atoms with Gasteiger partial charge < -0.3 is 15.4 Å². The van der Waals surface area contributed by atoms with E-state index in [0.717, 1.165) is 19.6 Å². The summed E-state index contributed by atoms with van der Waals surface area (Å²) in [6, 6.07) is -0.544. The van der Waals surface area contributed by atoms with Crippen molar-refractivity contribution in [3.63, 3.8) is 0 Å². The molecule has 6 nitrogen and oxygen atoms in total. The van der Waals surface area contributed by atoms with E-state index in [2.05, 4.69) is 29.4 Å². The lowest BCUT2D eigenvalue weighted by atomic mass is 9.95. The lowest BCUT2D eigenvalue weighted by Crippen LogP contribution is -2.52. The smallest absolute Gasteiger partial charge is 0.242 e. The van der Waals surface area contributed by atoms with Crippen LogP contribution in [-0.4, -0.2) is 61.6 Å². The quantitative estimate of drug-likeness (QED) is 0.764. The number of carbonyl (C=O) groups is 2. The minimum atomic E-state index is -0.544. The van der Waals surface area contributed by atoms with Crippen LogP contribution in [0.5, 0.6) is 0 Å². The molecule has 0 aliphatic carbocycles. The largest absolute Gasteiger partial charge is 0.374 e. The van der Waals surface area contributed by atoms with Gasteiger partial charge in [0.25, 0.3) is 0 Å². The van der Waals surface area contributed by atoms with E-state index in [-0.39, 0.29) is 17.9 Å². The summed E-state index contributed by atoms with van der Waals surface area (Å²) in [5.41, 5.74) is -0.502. The molecule has 2 unspecified atom stereocenters. The number of nitrogens with one attached hydrogen (secondary N) is 2. The lowest BCUT2D eigenvalue weighted by molar-refractivity contribution is -0.133. The van der Waals surface area contributed by atoms with Crippen molar-refractivity contribution < 1.29 is 14.3 Å². The Labute approximate surface area is 140 Å². The Bertz CT molecular complexity index is 404. The average Bonchev–Trinajstić information content (AvgIpc) is 2.43. The number of nitrogens with zero attached hydrogens (tertiary/aromatic N) is 1. The van der Waals surface area contributed by atoms with Gasteiger partial charge in [-0.1, -0.05) is 34.6 Å². The standard InChI is InChI=1S/C17H33N3O3/c1-12(2)10-20-7-8-23-14(11-20)9-18-15(21)13(3)19-16(22)17(4,5)6/h12-14H,7-11H2,1-6H3,(H,18,21)(H,19,22). The molecule has 0 radical (unpaired) electrons. The zero-order valence-corrected chi connectivity index (χ0v) is 15.4. The number of hydrogen-bond acceptors (Lipinski definition) is 4. The summed E-state index contributed by atoms with van der Waals surface area (Å²) >= 11 is 0. The van der Waals surface area contributed by atoms with Crippen LogP contribution in [-0.2, 0) is 14.3 Å². The molecule has 6 heteroatoms. The normalized spacial score (nSPS) is 21.1. The summed E-state index contributed by atoms with van der Waals surface area (Å²) in [5.74, 6) is 0.320. The summed E-state index contributed by atoms with van der Waals surface area (Å²) in [7, 11) is 0. The highest BCUT2D eigenvalue weighted by Crippen LogP contribution is 2.13. The van der Waals surface area contributed by atoms with Gasteiger partial charge in [-0.3, -0.25) is 14.5 Å². The van der Waals surface area contributed by atoms with E-state index in [1.165, 1.54) is 0 Å². The van der Waals surface area contributed by atoms with Gasteiger partial charge in [0, 0.05) is 31.6 Å². The van der Waals surface area contributed by atoms with Gasteiger partial charge in [-0.2, -0.15) is 0 Å². The van der Waals surface area contributed by atoms with E-state index in [1.807, 2.05) is 20.8 Å². The Hall–Kier alpha value is -1.14. The SMILES string of the molecule is CC(C)CN1CCOC(CNC(=O)C(C)NC(=O)C(C)(C)C)C1. The van der Waals surface area contributed by atoms with Crippen molar-refractivity contribution in [1.82, 2.24) is 15.5 Å². The Kier molecular flexibility index (Phi) is 7.48. The third-order valence-corrected chi connectivity index (χ3v) is 3.77. The summed E-state index contributed by atoms with van der Waals surface area (Å²) in [6.45, 7) is 15.6. The summed E-state index contributed by atoms with van der Waals surface area (Å²) < 4.78 is 5.71. The predicted molar refractivity (Wildman–Crippen MR) is 91.1 cm³/mol. The molecule has 0 aromatic carbocycles. The van der Waals surface area contributed by atoms with Gasteiger partial charge in [-0.15, -0.1) is 0 Å². The van der Waals surface area contributed by atoms with Crippen molar-refractivity contribution >= 4 is 11.8 Å². The molecule has 1 heterocycles. The van der Waals surface area contributed by atoms with Crippen molar-refractivity contribution in [2.45, 2.75) is 53.7 Å². The second-order valence-corrected chi connectivity index (χ2v) is 7.84. The Balaban J connectivity index is 2.36. The van der Waals surface area contributed by atoms with Gasteiger partial charge in [0.15, 0.2) is 0 Å². The highest BCUT2D eigenvalue weighted by Gasteiger charge is 2.26. The Morgan fingerprint density at radius 1 is 1.26 bits per heavy atom. The van der Waals surface area contributed by atoms with Crippen LogP contribution in [0.1, 0.15) is 41.5 Å². The Morgan fingerprint density at radius 3 is 2.48 bits per heavy atom. The molecule has 0 saturated carbocycles. The van der Waals surface area contributed by atoms with Crippen molar-refractivity contribution in [3.05, 3.63) is 0 Å². The molecule has 0 aromatic rings. The highest BCUT2D eigenvalue weighted by atomic mass is 16.5. The molecule has 134 valence electrons. The molecular weight excluding hydrogens is 294 g/mol. The molecule has 0 bridgehead atoms. The first kappa shape index (κ1) is 19.9. The first-order valence-electron chi connectivity index (χ1n) is 8.52. The van der Waals surface area contributed by atoms with Crippen LogP contribution < -0.4 is 10.6 Å². The summed E-state index contributed by atoms with van der Waals surface area (Å²) in [4.78, 5) is 26.4. The van der Waals surface area contributed by atoms with Crippen LogP contribution in [0.4, 0.5) is 0 Å². The van der Waals surface area contributed by atoms with E-state index in [9.17, 15) is 9.59 Å². The van der Waals surface area contributed by atoms with Gasteiger partial charge in [0.2, 0.25) is 11.8 Å². The van der Waals surface area contributed by atoms with Crippen molar-refractivity contribution in [2.75, 3.05) is 32.8 Å². The summed E-state index contributed by atoms with van der Waals surface area (Å²) in [6.07, 6.45) is 0.0111. The minimum Gasteiger partial charge on any atom is -0.374 e. The first-order valence-corrected chi connectivity index (χ1v) is 8.52.